The van der Waals surface area contributed by atoms with Crippen LogP contribution in [-0.4, -0.2) is 18.4 Å². The highest BCUT2D eigenvalue weighted by Gasteiger charge is 2.20. The predicted molar refractivity (Wildman–Crippen MR) is 132 cm³/mol. The van der Waals surface area contributed by atoms with Crippen LogP contribution in [0.5, 0.6) is 0 Å². The van der Waals surface area contributed by atoms with E-state index in [1.165, 1.54) is 30.2 Å². The molecule has 0 unspecified atom stereocenters. The number of sulfonamides is 1. The van der Waals surface area contributed by atoms with Crippen LogP contribution in [0.2, 0.25) is 0 Å². The fraction of sp³-hybridized carbons (Fsp3) is 0.0400. The summed E-state index contributed by atoms with van der Waals surface area (Å²) in [6, 6.07) is 14.9. The highest BCUT2D eigenvalue weighted by molar-refractivity contribution is 7.99. The summed E-state index contributed by atoms with van der Waals surface area (Å²) in [5.74, 6) is 0. The summed E-state index contributed by atoms with van der Waals surface area (Å²) in [4.78, 5) is 10.4. The molecule has 0 radical (unpaired) electrons. The van der Waals surface area contributed by atoms with Crippen molar-refractivity contribution in [2.75, 3.05) is 4.72 Å². The third kappa shape index (κ3) is 4.17. The minimum absolute atomic E-state index is 0.0863. The fourth-order valence-corrected chi connectivity index (χ4v) is 5.58. The largest absolute Gasteiger partial charge is 0.279 e. The van der Waals surface area contributed by atoms with Crippen LogP contribution >= 0.6 is 11.8 Å². The van der Waals surface area contributed by atoms with Gasteiger partial charge in [-0.25, -0.2) is 8.42 Å². The standard InChI is InChI=1S/C25H21N3O2S2/c1-4-20-17(3)24(31-23-12-6-9-18-10-7-14-27-25(18)23)15-22(21(20)5-2)28-32(29,30)19-11-8-13-26-16-19/h4-16,28H,1-2H2,3H3. The summed E-state index contributed by atoms with van der Waals surface area (Å²) in [7, 11) is -3.82. The molecule has 160 valence electrons. The number of para-hydroxylation sites is 1. The van der Waals surface area contributed by atoms with Crippen LogP contribution in [0.1, 0.15) is 16.7 Å². The molecule has 5 nitrogen and oxygen atoms in total. The Morgan fingerprint density at radius 2 is 1.72 bits per heavy atom. The predicted octanol–water partition coefficient (Wildman–Crippen LogP) is 6.18. The number of nitrogens with one attached hydrogen (secondary N) is 1. The van der Waals surface area contributed by atoms with Crippen molar-refractivity contribution in [1.82, 2.24) is 9.97 Å². The molecule has 0 bridgehead atoms. The molecule has 0 fully saturated rings. The molecule has 7 heteroatoms. The van der Waals surface area contributed by atoms with Crippen molar-refractivity contribution < 1.29 is 8.42 Å². The third-order valence-corrected chi connectivity index (χ3v) is 7.59. The molecule has 2 aromatic carbocycles. The van der Waals surface area contributed by atoms with E-state index in [-0.39, 0.29) is 4.90 Å². The summed E-state index contributed by atoms with van der Waals surface area (Å²) < 4.78 is 28.6. The minimum Gasteiger partial charge on any atom is -0.279 e. The number of hydrogen-bond donors (Lipinski definition) is 1. The Kier molecular flexibility index (Phi) is 6.12. The van der Waals surface area contributed by atoms with Crippen molar-refractivity contribution >= 4 is 50.5 Å². The summed E-state index contributed by atoms with van der Waals surface area (Å²) in [5, 5.41) is 1.04. The lowest BCUT2D eigenvalue weighted by molar-refractivity contribution is 0.601. The van der Waals surface area contributed by atoms with Crippen LogP contribution < -0.4 is 4.72 Å². The van der Waals surface area contributed by atoms with Gasteiger partial charge < -0.3 is 0 Å². The highest BCUT2D eigenvalue weighted by atomic mass is 32.2. The normalized spacial score (nSPS) is 11.3. The van der Waals surface area contributed by atoms with Crippen molar-refractivity contribution in [1.29, 1.82) is 0 Å². The molecule has 0 atom stereocenters. The average molecular weight is 460 g/mol. The van der Waals surface area contributed by atoms with Gasteiger partial charge in [0.2, 0.25) is 0 Å². The van der Waals surface area contributed by atoms with Gasteiger partial charge in [-0.15, -0.1) is 0 Å². The van der Waals surface area contributed by atoms with Gasteiger partial charge in [-0.1, -0.05) is 55.3 Å². The lowest BCUT2D eigenvalue weighted by Gasteiger charge is -2.18. The van der Waals surface area contributed by atoms with Gasteiger partial charge in [-0.3, -0.25) is 14.7 Å². The number of anilines is 1. The Bertz CT molecular complexity index is 1430. The van der Waals surface area contributed by atoms with Crippen molar-refractivity contribution in [2.45, 2.75) is 21.6 Å². The second kappa shape index (κ2) is 8.98. The topological polar surface area (TPSA) is 72.0 Å². The van der Waals surface area contributed by atoms with E-state index in [2.05, 4.69) is 27.8 Å². The van der Waals surface area contributed by atoms with Crippen molar-refractivity contribution in [3.63, 3.8) is 0 Å². The van der Waals surface area contributed by atoms with Crippen LogP contribution in [-0.2, 0) is 10.0 Å². The molecule has 0 spiro atoms. The van der Waals surface area contributed by atoms with E-state index in [9.17, 15) is 8.42 Å². The number of pyridine rings is 2. The number of benzene rings is 2. The summed E-state index contributed by atoms with van der Waals surface area (Å²) in [5.41, 5.74) is 3.80. The average Bonchev–Trinajstić information content (AvgIpc) is 2.81. The summed E-state index contributed by atoms with van der Waals surface area (Å²) >= 11 is 1.54. The first-order chi connectivity index (χ1) is 15.4. The Morgan fingerprint density at radius 3 is 2.44 bits per heavy atom. The van der Waals surface area contributed by atoms with Crippen LogP contribution in [0.3, 0.4) is 0 Å². The number of hydrogen-bond acceptors (Lipinski definition) is 5. The van der Waals surface area contributed by atoms with E-state index < -0.39 is 10.0 Å². The van der Waals surface area contributed by atoms with E-state index in [0.29, 0.717) is 11.3 Å². The molecule has 0 saturated heterocycles. The summed E-state index contributed by atoms with van der Waals surface area (Å²) in [6.07, 6.45) is 7.97. The Balaban J connectivity index is 1.84. The van der Waals surface area contributed by atoms with E-state index in [4.69, 9.17) is 0 Å². The van der Waals surface area contributed by atoms with Crippen molar-refractivity contribution in [2.24, 2.45) is 0 Å². The van der Waals surface area contributed by atoms with Crippen molar-refractivity contribution in [3.8, 4) is 0 Å². The van der Waals surface area contributed by atoms with Gasteiger partial charge in [-0.2, -0.15) is 0 Å². The molecule has 0 aliphatic rings. The van der Waals surface area contributed by atoms with Gasteiger partial charge in [0.15, 0.2) is 0 Å². The molecular formula is C25H21N3O2S2. The molecule has 1 N–H and O–H groups in total. The second-order valence-electron chi connectivity index (χ2n) is 7.01. The quantitative estimate of drug-likeness (QED) is 0.357. The first kappa shape index (κ1) is 21.8. The zero-order valence-corrected chi connectivity index (χ0v) is 19.1. The molecule has 2 aromatic heterocycles. The lowest BCUT2D eigenvalue weighted by Crippen LogP contribution is -2.14. The smallest absolute Gasteiger partial charge is 0.263 e. The zero-order valence-electron chi connectivity index (χ0n) is 17.4. The number of aromatic nitrogens is 2. The lowest BCUT2D eigenvalue weighted by atomic mass is 10.00. The molecule has 4 aromatic rings. The Hall–Kier alpha value is -3.42. The third-order valence-electron chi connectivity index (χ3n) is 5.04. The van der Waals surface area contributed by atoms with Gasteiger partial charge >= 0.3 is 0 Å². The number of fused-ring (bicyclic) bond motifs is 1. The van der Waals surface area contributed by atoms with E-state index in [1.807, 2.05) is 43.3 Å². The van der Waals surface area contributed by atoms with Gasteiger partial charge in [0, 0.05) is 39.3 Å². The van der Waals surface area contributed by atoms with Crippen LogP contribution in [0, 0.1) is 6.92 Å². The first-order valence-corrected chi connectivity index (χ1v) is 12.1. The maximum Gasteiger partial charge on any atom is 0.263 e. The van der Waals surface area contributed by atoms with E-state index in [0.717, 1.165) is 31.8 Å². The van der Waals surface area contributed by atoms with Gasteiger partial charge in [0.05, 0.1) is 11.2 Å². The molecule has 0 aliphatic heterocycles. The molecule has 32 heavy (non-hydrogen) atoms. The Morgan fingerprint density at radius 1 is 0.969 bits per heavy atom. The molecule has 0 aliphatic carbocycles. The molecule has 2 heterocycles. The number of nitrogens with zero attached hydrogens (tertiary/aromatic N) is 2. The van der Waals surface area contributed by atoms with Gasteiger partial charge in [-0.05, 0) is 48.4 Å². The Labute approximate surface area is 192 Å². The van der Waals surface area contributed by atoms with Crippen LogP contribution in [0.15, 0.2) is 95.0 Å². The van der Waals surface area contributed by atoms with Gasteiger partial charge in [0.25, 0.3) is 10.0 Å². The molecule has 0 amide bonds. The van der Waals surface area contributed by atoms with E-state index in [1.54, 1.807) is 24.4 Å². The highest BCUT2D eigenvalue weighted by Crippen LogP contribution is 2.40. The van der Waals surface area contributed by atoms with Crippen LogP contribution in [0.25, 0.3) is 23.1 Å². The van der Waals surface area contributed by atoms with Crippen molar-refractivity contribution in [3.05, 3.63) is 97.0 Å². The zero-order chi connectivity index (χ0) is 22.7. The summed E-state index contributed by atoms with van der Waals surface area (Å²) in [6.45, 7) is 9.81. The van der Waals surface area contributed by atoms with Gasteiger partial charge in [0.1, 0.15) is 4.90 Å². The van der Waals surface area contributed by atoms with Crippen LogP contribution in [0.4, 0.5) is 5.69 Å². The first-order valence-electron chi connectivity index (χ1n) is 9.81. The minimum atomic E-state index is -3.82. The SMILES string of the molecule is C=Cc1c(NS(=O)(=O)c2cccnc2)cc(Sc2cccc3cccnc23)c(C)c1C=C. The molecule has 0 saturated carbocycles. The van der Waals surface area contributed by atoms with E-state index >= 15 is 0 Å². The number of rotatable bonds is 7. The monoisotopic (exact) mass is 459 g/mol. The fourth-order valence-electron chi connectivity index (χ4n) is 3.46. The maximum absolute atomic E-state index is 13.0. The molecule has 4 rings (SSSR count). The molecular weight excluding hydrogens is 438 g/mol. The maximum atomic E-state index is 13.0. The second-order valence-corrected chi connectivity index (χ2v) is 9.78.